The van der Waals surface area contributed by atoms with Crippen molar-refractivity contribution in [2.75, 3.05) is 19.5 Å². The van der Waals surface area contributed by atoms with Crippen molar-refractivity contribution in [3.05, 3.63) is 52.3 Å². The van der Waals surface area contributed by atoms with Gasteiger partial charge in [-0.25, -0.2) is 4.39 Å². The van der Waals surface area contributed by atoms with E-state index in [1.165, 1.54) is 6.07 Å². The molecule has 1 N–H and O–H groups in total. The molecule has 0 aliphatic heterocycles. The molecule has 0 amide bonds. The van der Waals surface area contributed by atoms with Gasteiger partial charge in [0.2, 0.25) is 0 Å². The number of ether oxygens (including phenoxy) is 2. The van der Waals surface area contributed by atoms with E-state index in [0.717, 1.165) is 11.3 Å². The molecule has 0 bridgehead atoms. The van der Waals surface area contributed by atoms with Gasteiger partial charge in [0.1, 0.15) is 5.82 Å². The smallest absolute Gasteiger partial charge is 0.162 e. The summed E-state index contributed by atoms with van der Waals surface area (Å²) in [5, 5.41) is 3.31. The number of hydrogen-bond acceptors (Lipinski definition) is 3. The first kappa shape index (κ1) is 15.4. The minimum absolute atomic E-state index is 0.123. The van der Waals surface area contributed by atoms with Crippen LogP contribution in [0.5, 0.6) is 11.5 Å². The summed E-state index contributed by atoms with van der Waals surface area (Å²) in [5.74, 6) is 0.886. The lowest BCUT2D eigenvalue weighted by Gasteiger charge is -2.14. The first-order chi connectivity index (χ1) is 10.1. The summed E-state index contributed by atoms with van der Waals surface area (Å²) in [4.78, 5) is 0. The van der Waals surface area contributed by atoms with Crippen LogP contribution in [0.3, 0.4) is 0 Å². The Kier molecular flexibility index (Phi) is 4.91. The summed E-state index contributed by atoms with van der Waals surface area (Å²) >= 11 is 5.77. The molecule has 2 aromatic rings. The van der Waals surface area contributed by atoms with E-state index in [0.29, 0.717) is 23.6 Å². The normalized spacial score (nSPS) is 10.3. The highest BCUT2D eigenvalue weighted by atomic mass is 35.5. The Labute approximate surface area is 128 Å². The highest BCUT2D eigenvalue weighted by molar-refractivity contribution is 6.30. The molecule has 5 heteroatoms. The van der Waals surface area contributed by atoms with E-state index >= 15 is 0 Å². The number of benzene rings is 2. The van der Waals surface area contributed by atoms with Crippen LogP contribution in [-0.4, -0.2) is 14.2 Å². The summed E-state index contributed by atoms with van der Waals surface area (Å²) in [6.45, 7) is 2.28. The molecule has 21 heavy (non-hydrogen) atoms. The minimum atomic E-state index is -0.398. The fraction of sp³-hybridized carbons (Fsp3) is 0.250. The average Bonchev–Trinajstić information content (AvgIpc) is 2.49. The van der Waals surface area contributed by atoms with E-state index in [2.05, 4.69) is 5.32 Å². The number of halogens is 2. The molecular formula is C16H17ClFNO2. The van der Waals surface area contributed by atoms with Gasteiger partial charge in [-0.05, 0) is 24.6 Å². The van der Waals surface area contributed by atoms with Gasteiger partial charge in [0, 0.05) is 23.9 Å². The Morgan fingerprint density at radius 3 is 2.48 bits per heavy atom. The Morgan fingerprint density at radius 2 is 1.81 bits per heavy atom. The zero-order valence-corrected chi connectivity index (χ0v) is 12.9. The van der Waals surface area contributed by atoms with Gasteiger partial charge < -0.3 is 14.8 Å². The van der Waals surface area contributed by atoms with E-state index < -0.39 is 5.82 Å². The van der Waals surface area contributed by atoms with Gasteiger partial charge in [-0.1, -0.05) is 23.7 Å². The van der Waals surface area contributed by atoms with Crippen molar-refractivity contribution in [2.24, 2.45) is 0 Å². The minimum Gasteiger partial charge on any atom is -0.493 e. The summed E-state index contributed by atoms with van der Waals surface area (Å²) in [6.07, 6.45) is 0. The molecule has 0 atom stereocenters. The molecule has 112 valence electrons. The molecule has 0 spiro atoms. The maximum Gasteiger partial charge on any atom is 0.162 e. The van der Waals surface area contributed by atoms with Crippen molar-refractivity contribution >= 4 is 17.3 Å². The predicted molar refractivity (Wildman–Crippen MR) is 83.0 cm³/mol. The van der Waals surface area contributed by atoms with Crippen LogP contribution < -0.4 is 14.8 Å². The molecule has 0 aliphatic rings. The second kappa shape index (κ2) is 6.68. The average molecular weight is 310 g/mol. The van der Waals surface area contributed by atoms with Crippen LogP contribution in [0.1, 0.15) is 11.1 Å². The summed E-state index contributed by atoms with van der Waals surface area (Å²) in [5.41, 5.74) is 2.35. The first-order valence-corrected chi connectivity index (χ1v) is 6.84. The molecule has 0 heterocycles. The summed E-state index contributed by atoms with van der Waals surface area (Å²) in [6, 6.07) is 8.66. The zero-order chi connectivity index (χ0) is 15.4. The first-order valence-electron chi connectivity index (χ1n) is 6.46. The van der Waals surface area contributed by atoms with E-state index in [-0.39, 0.29) is 5.02 Å². The number of hydrogen-bond donors (Lipinski definition) is 1. The predicted octanol–water partition coefficient (Wildman–Crippen LogP) is 4.42. The molecule has 3 nitrogen and oxygen atoms in total. The maximum absolute atomic E-state index is 13.9. The molecule has 0 aromatic heterocycles. The van der Waals surface area contributed by atoms with Crippen LogP contribution in [0.15, 0.2) is 30.3 Å². The van der Waals surface area contributed by atoms with Crippen LogP contribution in [0, 0.1) is 12.7 Å². The van der Waals surface area contributed by atoms with Gasteiger partial charge in [0.05, 0.1) is 19.2 Å². The molecule has 0 saturated heterocycles. The van der Waals surface area contributed by atoms with Gasteiger partial charge in [0.25, 0.3) is 0 Å². The fourth-order valence-corrected chi connectivity index (χ4v) is 2.24. The van der Waals surface area contributed by atoms with Crippen molar-refractivity contribution in [3.8, 4) is 11.5 Å². The molecule has 0 unspecified atom stereocenters. The molecule has 0 radical (unpaired) electrons. The lowest BCUT2D eigenvalue weighted by molar-refractivity contribution is 0.355. The van der Waals surface area contributed by atoms with E-state index in [4.69, 9.17) is 21.1 Å². The van der Waals surface area contributed by atoms with Crippen LogP contribution in [0.4, 0.5) is 10.1 Å². The highest BCUT2D eigenvalue weighted by Gasteiger charge is 2.10. The fourth-order valence-electron chi connectivity index (χ4n) is 2.05. The second-order valence-electron chi connectivity index (χ2n) is 4.59. The largest absolute Gasteiger partial charge is 0.493 e. The number of nitrogens with one attached hydrogen (secondary N) is 1. The Hall–Kier alpha value is -1.94. The zero-order valence-electron chi connectivity index (χ0n) is 12.2. The van der Waals surface area contributed by atoms with Gasteiger partial charge in [0.15, 0.2) is 11.5 Å². The number of anilines is 1. The van der Waals surface area contributed by atoms with Crippen LogP contribution >= 0.6 is 11.6 Å². The second-order valence-corrected chi connectivity index (χ2v) is 5.00. The molecular weight excluding hydrogens is 293 g/mol. The van der Waals surface area contributed by atoms with Crippen molar-refractivity contribution in [1.29, 1.82) is 0 Å². The van der Waals surface area contributed by atoms with Gasteiger partial charge in [-0.2, -0.15) is 0 Å². The number of aryl methyl sites for hydroxylation is 1. The van der Waals surface area contributed by atoms with Gasteiger partial charge >= 0.3 is 0 Å². The molecule has 2 rings (SSSR count). The van der Waals surface area contributed by atoms with E-state index in [1.807, 2.05) is 19.1 Å². The third kappa shape index (κ3) is 3.39. The SMILES string of the molecule is COc1cc(C)c(NCc2cccc(Cl)c2F)cc1OC. The summed E-state index contributed by atoms with van der Waals surface area (Å²) < 4.78 is 24.4. The molecule has 2 aromatic carbocycles. The molecule has 0 aliphatic carbocycles. The van der Waals surface area contributed by atoms with Crippen LogP contribution in [0.2, 0.25) is 5.02 Å². The summed E-state index contributed by atoms with van der Waals surface area (Å²) in [7, 11) is 3.17. The lowest BCUT2D eigenvalue weighted by Crippen LogP contribution is -2.04. The van der Waals surface area contributed by atoms with Gasteiger partial charge in [-0.3, -0.25) is 0 Å². The quantitative estimate of drug-likeness (QED) is 0.887. The van der Waals surface area contributed by atoms with Gasteiger partial charge in [-0.15, -0.1) is 0 Å². The molecule has 0 saturated carbocycles. The third-order valence-electron chi connectivity index (χ3n) is 3.23. The maximum atomic E-state index is 13.9. The number of methoxy groups -OCH3 is 2. The number of rotatable bonds is 5. The Bertz CT molecular complexity index is 646. The van der Waals surface area contributed by atoms with E-state index in [9.17, 15) is 4.39 Å². The monoisotopic (exact) mass is 309 g/mol. The van der Waals surface area contributed by atoms with Crippen molar-refractivity contribution in [2.45, 2.75) is 13.5 Å². The van der Waals surface area contributed by atoms with Crippen molar-refractivity contribution in [3.63, 3.8) is 0 Å². The topological polar surface area (TPSA) is 30.5 Å². The van der Waals surface area contributed by atoms with Crippen LogP contribution in [0.25, 0.3) is 0 Å². The Morgan fingerprint density at radius 1 is 1.14 bits per heavy atom. The van der Waals surface area contributed by atoms with E-state index in [1.54, 1.807) is 26.4 Å². The lowest BCUT2D eigenvalue weighted by atomic mass is 10.1. The third-order valence-corrected chi connectivity index (χ3v) is 3.52. The molecule has 0 fully saturated rings. The highest BCUT2D eigenvalue weighted by Crippen LogP contribution is 2.33. The van der Waals surface area contributed by atoms with Crippen molar-refractivity contribution < 1.29 is 13.9 Å². The standard InChI is InChI=1S/C16H17ClFNO2/c1-10-7-14(20-2)15(21-3)8-13(10)19-9-11-5-4-6-12(17)16(11)18/h4-8,19H,9H2,1-3H3. The Balaban J connectivity index is 2.22. The van der Waals surface area contributed by atoms with Crippen molar-refractivity contribution in [1.82, 2.24) is 0 Å². The van der Waals surface area contributed by atoms with Crippen LogP contribution in [-0.2, 0) is 6.54 Å².